The minimum absolute atomic E-state index is 1.15. The molecule has 0 bridgehead atoms. The van der Waals surface area contributed by atoms with Gasteiger partial charge in [-0.2, -0.15) is 0 Å². The average Bonchev–Trinajstić information content (AvgIpc) is 2.74. The van der Waals surface area contributed by atoms with Crippen molar-refractivity contribution in [3.63, 3.8) is 0 Å². The summed E-state index contributed by atoms with van der Waals surface area (Å²) in [6.45, 7) is 5.80. The van der Waals surface area contributed by atoms with E-state index in [1.54, 1.807) is 11.1 Å². The first-order valence-electron chi connectivity index (χ1n) is 6.60. The fourth-order valence-electron chi connectivity index (χ4n) is 2.92. The number of nitrogens with zero attached hydrogens (tertiary/aromatic N) is 1. The molecule has 0 saturated carbocycles. The van der Waals surface area contributed by atoms with Gasteiger partial charge in [-0.05, 0) is 24.6 Å². The molecule has 0 spiro atoms. The summed E-state index contributed by atoms with van der Waals surface area (Å²) in [5.74, 6) is 0. The molecule has 1 aliphatic heterocycles. The Morgan fingerprint density at radius 1 is 1.11 bits per heavy atom. The predicted octanol–water partition coefficient (Wildman–Crippen LogP) is 3.76. The average molecular weight is 258 g/mol. The van der Waals surface area contributed by atoms with Gasteiger partial charge in [0.15, 0.2) is 0 Å². The van der Waals surface area contributed by atoms with Crippen LogP contribution in [0.2, 0.25) is 0 Å². The summed E-state index contributed by atoms with van der Waals surface area (Å²) in [6, 6.07) is 13.5. The van der Waals surface area contributed by atoms with E-state index in [-0.39, 0.29) is 0 Å². The van der Waals surface area contributed by atoms with E-state index in [0.29, 0.717) is 0 Å². The lowest BCUT2D eigenvalue weighted by Crippen LogP contribution is -2.46. The van der Waals surface area contributed by atoms with Crippen molar-refractivity contribution >= 4 is 11.3 Å². The first kappa shape index (κ1) is 11.9. The lowest BCUT2D eigenvalue weighted by atomic mass is 9.98. The number of quaternary nitrogens is 1. The van der Waals surface area contributed by atoms with Gasteiger partial charge < -0.3 is 4.48 Å². The third-order valence-corrected chi connectivity index (χ3v) is 4.91. The van der Waals surface area contributed by atoms with Gasteiger partial charge in [-0.1, -0.05) is 24.3 Å². The Morgan fingerprint density at radius 3 is 2.61 bits per heavy atom. The standard InChI is InChI=1S/C16H20NS/c1-13-7-8-16(18-13)12-17(2)10-9-14-5-3-4-6-15(14)11-17/h3-8H,9-12H2,1-2H3/q+1. The molecule has 0 aliphatic carbocycles. The van der Waals surface area contributed by atoms with Gasteiger partial charge in [0.25, 0.3) is 0 Å². The molecule has 0 N–H and O–H groups in total. The van der Waals surface area contributed by atoms with Crippen molar-refractivity contribution in [2.45, 2.75) is 26.4 Å². The van der Waals surface area contributed by atoms with E-state index in [0.717, 1.165) is 4.48 Å². The SMILES string of the molecule is Cc1ccc(C[N+]2(C)CCc3ccccc3C2)s1. The Kier molecular flexibility index (Phi) is 3.00. The Hall–Kier alpha value is -1.12. The second-order valence-corrected chi connectivity index (χ2v) is 7.06. The third kappa shape index (κ3) is 2.36. The van der Waals surface area contributed by atoms with Gasteiger partial charge in [0, 0.05) is 16.9 Å². The third-order valence-electron chi connectivity index (χ3n) is 3.93. The molecule has 3 rings (SSSR count). The van der Waals surface area contributed by atoms with Crippen molar-refractivity contribution in [3.8, 4) is 0 Å². The molecule has 0 fully saturated rings. The molecule has 1 aliphatic rings. The highest BCUT2D eigenvalue weighted by atomic mass is 32.1. The molecule has 0 amide bonds. The van der Waals surface area contributed by atoms with Gasteiger partial charge >= 0.3 is 0 Å². The fourth-order valence-corrected chi connectivity index (χ4v) is 3.98. The normalized spacial score (nSPS) is 22.8. The van der Waals surface area contributed by atoms with Crippen LogP contribution in [0.4, 0.5) is 0 Å². The largest absolute Gasteiger partial charge is 0.318 e. The van der Waals surface area contributed by atoms with Crippen LogP contribution in [0.25, 0.3) is 0 Å². The van der Waals surface area contributed by atoms with E-state index in [9.17, 15) is 0 Å². The van der Waals surface area contributed by atoms with Crippen LogP contribution in [-0.2, 0) is 19.5 Å². The smallest absolute Gasteiger partial charge is 0.114 e. The lowest BCUT2D eigenvalue weighted by molar-refractivity contribution is -0.937. The summed E-state index contributed by atoms with van der Waals surface area (Å²) in [4.78, 5) is 2.95. The Labute approximate surface area is 113 Å². The number of fused-ring (bicyclic) bond motifs is 1. The molecular weight excluding hydrogens is 238 g/mol. The number of rotatable bonds is 2. The number of likely N-dealkylation sites (N-methyl/N-ethyl adjacent to an activating group) is 1. The molecule has 2 aromatic rings. The van der Waals surface area contributed by atoms with E-state index < -0.39 is 0 Å². The van der Waals surface area contributed by atoms with Crippen molar-refractivity contribution in [1.82, 2.24) is 0 Å². The van der Waals surface area contributed by atoms with Gasteiger partial charge in [-0.25, -0.2) is 0 Å². The molecule has 1 unspecified atom stereocenters. The van der Waals surface area contributed by atoms with E-state index >= 15 is 0 Å². The second kappa shape index (κ2) is 4.52. The molecule has 18 heavy (non-hydrogen) atoms. The molecule has 1 nitrogen and oxygen atoms in total. The number of benzene rings is 1. The van der Waals surface area contributed by atoms with Crippen molar-refractivity contribution in [2.24, 2.45) is 0 Å². The fraction of sp³-hybridized carbons (Fsp3) is 0.375. The first-order chi connectivity index (χ1) is 8.65. The number of hydrogen-bond donors (Lipinski definition) is 0. The van der Waals surface area contributed by atoms with Gasteiger partial charge in [-0.3, -0.25) is 0 Å². The van der Waals surface area contributed by atoms with Crippen LogP contribution in [0.15, 0.2) is 36.4 Å². The maximum absolute atomic E-state index is 2.39. The summed E-state index contributed by atoms with van der Waals surface area (Å²) in [7, 11) is 2.39. The van der Waals surface area contributed by atoms with E-state index in [1.807, 2.05) is 11.3 Å². The molecule has 1 atom stereocenters. The van der Waals surface area contributed by atoms with Gasteiger partial charge in [0.05, 0.1) is 18.5 Å². The summed E-state index contributed by atoms with van der Waals surface area (Å²) >= 11 is 1.95. The predicted molar refractivity (Wildman–Crippen MR) is 77.7 cm³/mol. The highest BCUT2D eigenvalue weighted by molar-refractivity contribution is 7.11. The van der Waals surface area contributed by atoms with Crippen LogP contribution in [0.1, 0.15) is 20.9 Å². The zero-order valence-corrected chi connectivity index (χ0v) is 12.0. The highest BCUT2D eigenvalue weighted by Gasteiger charge is 2.28. The van der Waals surface area contributed by atoms with Gasteiger partial charge in [-0.15, -0.1) is 11.3 Å². The van der Waals surface area contributed by atoms with E-state index in [2.05, 4.69) is 50.4 Å². The molecular formula is C16H20NS+. The summed E-state index contributed by atoms with van der Waals surface area (Å²) in [5.41, 5.74) is 3.09. The molecule has 2 heteroatoms. The van der Waals surface area contributed by atoms with Crippen LogP contribution >= 0.6 is 11.3 Å². The van der Waals surface area contributed by atoms with Crippen LogP contribution in [-0.4, -0.2) is 18.1 Å². The maximum atomic E-state index is 2.39. The monoisotopic (exact) mass is 258 g/mol. The summed E-state index contributed by atoms with van der Waals surface area (Å²) in [5, 5.41) is 0. The highest BCUT2D eigenvalue weighted by Crippen LogP contribution is 2.27. The molecule has 2 heterocycles. The Morgan fingerprint density at radius 2 is 1.89 bits per heavy atom. The van der Waals surface area contributed by atoms with Crippen molar-refractivity contribution < 1.29 is 4.48 Å². The number of hydrogen-bond acceptors (Lipinski definition) is 1. The van der Waals surface area contributed by atoms with Crippen LogP contribution < -0.4 is 0 Å². The van der Waals surface area contributed by atoms with Crippen molar-refractivity contribution in [3.05, 3.63) is 57.3 Å². The van der Waals surface area contributed by atoms with Crippen LogP contribution in [0.3, 0.4) is 0 Å². The van der Waals surface area contributed by atoms with E-state index in [4.69, 9.17) is 0 Å². The molecule has 1 aromatic heterocycles. The molecule has 0 radical (unpaired) electrons. The lowest BCUT2D eigenvalue weighted by Gasteiger charge is -2.38. The topological polar surface area (TPSA) is 0 Å². The Balaban J connectivity index is 1.81. The second-order valence-electron chi connectivity index (χ2n) is 5.69. The quantitative estimate of drug-likeness (QED) is 0.720. The van der Waals surface area contributed by atoms with Crippen LogP contribution in [0.5, 0.6) is 0 Å². The minimum Gasteiger partial charge on any atom is -0.318 e. The molecule has 1 aromatic carbocycles. The van der Waals surface area contributed by atoms with Crippen molar-refractivity contribution in [2.75, 3.05) is 13.6 Å². The first-order valence-corrected chi connectivity index (χ1v) is 7.42. The minimum atomic E-state index is 1.15. The Bertz CT molecular complexity index is 558. The van der Waals surface area contributed by atoms with Crippen LogP contribution in [0, 0.1) is 6.92 Å². The zero-order chi connectivity index (χ0) is 12.6. The summed E-state index contributed by atoms with van der Waals surface area (Å²) < 4.78 is 1.15. The van der Waals surface area contributed by atoms with E-state index in [1.165, 1.54) is 35.8 Å². The number of aryl methyl sites for hydroxylation is 1. The molecule has 94 valence electrons. The summed E-state index contributed by atoms with van der Waals surface area (Å²) in [6.07, 6.45) is 1.22. The van der Waals surface area contributed by atoms with Gasteiger partial charge in [0.1, 0.15) is 13.1 Å². The van der Waals surface area contributed by atoms with Gasteiger partial charge in [0.2, 0.25) is 0 Å². The zero-order valence-electron chi connectivity index (χ0n) is 11.1. The molecule has 0 saturated heterocycles. The maximum Gasteiger partial charge on any atom is 0.114 e. The number of thiophene rings is 1. The van der Waals surface area contributed by atoms with Crippen molar-refractivity contribution in [1.29, 1.82) is 0 Å².